The molecule has 0 atom stereocenters. The molecule has 0 amide bonds. The van der Waals surface area contributed by atoms with Crippen LogP contribution in [0.4, 0.5) is 0 Å². The van der Waals surface area contributed by atoms with Crippen LogP contribution in [0.1, 0.15) is 0 Å². The largest absolute Gasteiger partial charge is 0.436 e. The Bertz CT molecular complexity index is 2460. The minimum atomic E-state index is 0.469. The molecule has 7 nitrogen and oxygen atoms in total. The Morgan fingerprint density at radius 2 is 1.18 bits per heavy atom. The molecule has 0 saturated heterocycles. The highest BCUT2D eigenvalue weighted by Gasteiger charge is 2.17. The van der Waals surface area contributed by atoms with Crippen LogP contribution in [0.3, 0.4) is 0 Å². The van der Waals surface area contributed by atoms with E-state index in [1.807, 2.05) is 60.7 Å². The number of hydrogen-bond acceptors (Lipinski definition) is 6. The number of aromatic nitrogens is 6. The summed E-state index contributed by atoms with van der Waals surface area (Å²) in [6.45, 7) is 0. The third kappa shape index (κ3) is 3.87. The van der Waals surface area contributed by atoms with Crippen molar-refractivity contribution in [1.82, 2.24) is 29.5 Å². The number of pyridine rings is 2. The predicted molar refractivity (Wildman–Crippen MR) is 173 cm³/mol. The van der Waals surface area contributed by atoms with Crippen LogP contribution in [0.5, 0.6) is 0 Å². The van der Waals surface area contributed by atoms with Crippen molar-refractivity contribution in [1.29, 1.82) is 0 Å². The Hall–Kier alpha value is -6.21. The van der Waals surface area contributed by atoms with Crippen LogP contribution in [-0.2, 0) is 0 Å². The predicted octanol–water partition coefficient (Wildman–Crippen LogP) is 8.66. The van der Waals surface area contributed by atoms with Gasteiger partial charge in [-0.15, -0.1) is 0 Å². The molecule has 206 valence electrons. The van der Waals surface area contributed by atoms with E-state index in [0.717, 1.165) is 38.6 Å². The summed E-state index contributed by atoms with van der Waals surface area (Å²) in [7, 11) is 0. The van der Waals surface area contributed by atoms with Gasteiger partial charge in [-0.05, 0) is 42.5 Å². The Morgan fingerprint density at radius 1 is 0.500 bits per heavy atom. The van der Waals surface area contributed by atoms with Gasteiger partial charge in [0.05, 0.1) is 17.2 Å². The van der Waals surface area contributed by atoms with Crippen LogP contribution < -0.4 is 0 Å². The number of nitrogens with zero attached hydrogens (tertiary/aromatic N) is 6. The second kappa shape index (κ2) is 9.68. The standard InChI is InChI=1S/C37H22N6O/c1-2-9-23(10-3-1)34-40-35(42-36(41-34)30-18-17-29-28-19-20-38-22-33(28)44-37(29)39-30)24-11-8-12-25(21-24)43-31-15-6-4-13-26(31)27-14-5-7-16-32(27)43/h1-22H. The first-order chi connectivity index (χ1) is 21.8. The topological polar surface area (TPSA) is 82.5 Å². The van der Waals surface area contributed by atoms with Gasteiger partial charge in [0.1, 0.15) is 5.69 Å². The minimum absolute atomic E-state index is 0.469. The van der Waals surface area contributed by atoms with Crippen LogP contribution in [0.25, 0.3) is 83.9 Å². The van der Waals surface area contributed by atoms with Crippen LogP contribution in [0.15, 0.2) is 138 Å². The van der Waals surface area contributed by atoms with E-state index < -0.39 is 0 Å². The number of rotatable bonds is 4. The Balaban J connectivity index is 1.24. The summed E-state index contributed by atoms with van der Waals surface area (Å²) in [5, 5.41) is 4.31. The highest BCUT2D eigenvalue weighted by atomic mass is 16.3. The fourth-order valence-electron chi connectivity index (χ4n) is 5.96. The summed E-state index contributed by atoms with van der Waals surface area (Å²) in [6.07, 6.45) is 3.46. The molecule has 9 rings (SSSR count). The molecule has 0 aliphatic rings. The summed E-state index contributed by atoms with van der Waals surface area (Å²) in [5.41, 5.74) is 6.89. The third-order valence-corrected chi connectivity index (χ3v) is 7.98. The average molecular weight is 567 g/mol. The Morgan fingerprint density at radius 3 is 1.98 bits per heavy atom. The van der Waals surface area contributed by atoms with E-state index in [1.54, 1.807) is 12.4 Å². The van der Waals surface area contributed by atoms with E-state index in [1.165, 1.54) is 10.8 Å². The van der Waals surface area contributed by atoms with Crippen molar-refractivity contribution in [3.8, 4) is 40.0 Å². The van der Waals surface area contributed by atoms with Crippen LogP contribution >= 0.6 is 0 Å². The SMILES string of the molecule is c1ccc(-c2nc(-c3cccc(-n4c5ccccc5c5ccccc54)c3)nc(-c3ccc4c(n3)oc3cnccc34)n2)cc1. The molecule has 7 heteroatoms. The molecule has 44 heavy (non-hydrogen) atoms. The van der Waals surface area contributed by atoms with Crippen molar-refractivity contribution in [2.75, 3.05) is 0 Å². The number of furan rings is 1. The summed E-state index contributed by atoms with van der Waals surface area (Å²) in [4.78, 5) is 23.8. The zero-order valence-electron chi connectivity index (χ0n) is 23.3. The van der Waals surface area contributed by atoms with Crippen molar-refractivity contribution in [3.05, 3.63) is 134 Å². The molecule has 0 N–H and O–H groups in total. The quantitative estimate of drug-likeness (QED) is 0.212. The van der Waals surface area contributed by atoms with E-state index in [0.29, 0.717) is 34.5 Å². The number of fused-ring (bicyclic) bond motifs is 6. The van der Waals surface area contributed by atoms with Gasteiger partial charge in [-0.3, -0.25) is 4.98 Å². The number of benzene rings is 4. The molecule has 4 aromatic carbocycles. The van der Waals surface area contributed by atoms with Gasteiger partial charge in [0.15, 0.2) is 23.1 Å². The van der Waals surface area contributed by atoms with Gasteiger partial charge in [0, 0.05) is 44.6 Å². The van der Waals surface area contributed by atoms with Crippen LogP contribution in [0.2, 0.25) is 0 Å². The van der Waals surface area contributed by atoms with Crippen LogP contribution in [-0.4, -0.2) is 29.5 Å². The van der Waals surface area contributed by atoms with Gasteiger partial charge in [0.2, 0.25) is 5.71 Å². The van der Waals surface area contributed by atoms with Gasteiger partial charge < -0.3 is 8.98 Å². The van der Waals surface area contributed by atoms with E-state index in [9.17, 15) is 0 Å². The van der Waals surface area contributed by atoms with Gasteiger partial charge in [-0.25, -0.2) is 19.9 Å². The summed E-state index contributed by atoms with van der Waals surface area (Å²) < 4.78 is 8.32. The lowest BCUT2D eigenvalue weighted by Crippen LogP contribution is -2.02. The lowest BCUT2D eigenvalue weighted by molar-refractivity contribution is 0.652. The highest BCUT2D eigenvalue weighted by Crippen LogP contribution is 2.34. The van der Waals surface area contributed by atoms with Gasteiger partial charge in [-0.2, -0.15) is 0 Å². The van der Waals surface area contributed by atoms with Crippen molar-refractivity contribution in [2.45, 2.75) is 0 Å². The Labute approximate surface area is 251 Å². The molecular weight excluding hydrogens is 544 g/mol. The molecule has 0 saturated carbocycles. The first kappa shape index (κ1) is 24.4. The van der Waals surface area contributed by atoms with Crippen molar-refractivity contribution < 1.29 is 4.42 Å². The molecule has 0 unspecified atom stereocenters. The fourth-order valence-corrected chi connectivity index (χ4v) is 5.96. The third-order valence-electron chi connectivity index (χ3n) is 7.98. The second-order valence-corrected chi connectivity index (χ2v) is 10.6. The van der Waals surface area contributed by atoms with E-state index in [4.69, 9.17) is 24.4 Å². The maximum atomic E-state index is 6.02. The average Bonchev–Trinajstić information content (AvgIpc) is 3.64. The van der Waals surface area contributed by atoms with E-state index in [2.05, 4.69) is 70.2 Å². The van der Waals surface area contributed by atoms with E-state index in [-0.39, 0.29) is 0 Å². The van der Waals surface area contributed by atoms with Gasteiger partial charge in [0.25, 0.3) is 0 Å². The molecule has 5 heterocycles. The number of hydrogen-bond donors (Lipinski definition) is 0. The van der Waals surface area contributed by atoms with Crippen molar-refractivity contribution in [2.24, 2.45) is 0 Å². The minimum Gasteiger partial charge on any atom is -0.436 e. The zero-order valence-corrected chi connectivity index (χ0v) is 23.3. The molecule has 0 aliphatic heterocycles. The summed E-state index contributed by atoms with van der Waals surface area (Å²) in [5.74, 6) is 1.60. The molecule has 0 bridgehead atoms. The summed E-state index contributed by atoms with van der Waals surface area (Å²) >= 11 is 0. The maximum Gasteiger partial charge on any atom is 0.228 e. The summed E-state index contributed by atoms with van der Waals surface area (Å²) in [6, 6.07) is 41.1. The van der Waals surface area contributed by atoms with Crippen LogP contribution in [0, 0.1) is 0 Å². The van der Waals surface area contributed by atoms with Gasteiger partial charge in [-0.1, -0.05) is 78.9 Å². The van der Waals surface area contributed by atoms with E-state index >= 15 is 0 Å². The molecule has 5 aromatic heterocycles. The fraction of sp³-hybridized carbons (Fsp3) is 0. The van der Waals surface area contributed by atoms with Gasteiger partial charge >= 0.3 is 0 Å². The molecule has 0 radical (unpaired) electrons. The molecule has 0 aliphatic carbocycles. The molecular formula is C37H22N6O. The monoisotopic (exact) mass is 566 g/mol. The normalized spacial score (nSPS) is 11.6. The highest BCUT2D eigenvalue weighted by molar-refractivity contribution is 6.09. The maximum absolute atomic E-state index is 6.02. The molecule has 0 spiro atoms. The Kier molecular flexibility index (Phi) is 5.36. The number of para-hydroxylation sites is 2. The lowest BCUT2D eigenvalue weighted by atomic mass is 10.1. The van der Waals surface area contributed by atoms with Crippen molar-refractivity contribution in [3.63, 3.8) is 0 Å². The second-order valence-electron chi connectivity index (χ2n) is 10.6. The molecule has 0 fully saturated rings. The first-order valence-corrected chi connectivity index (χ1v) is 14.3. The smallest absolute Gasteiger partial charge is 0.228 e. The van der Waals surface area contributed by atoms with Crippen molar-refractivity contribution >= 4 is 43.9 Å². The molecule has 9 aromatic rings. The zero-order chi connectivity index (χ0) is 29.0. The first-order valence-electron chi connectivity index (χ1n) is 14.3. The lowest BCUT2D eigenvalue weighted by Gasteiger charge is -2.11.